The quantitative estimate of drug-likeness (QED) is 0.162. The maximum atomic E-state index is 5.79. The average Bonchev–Trinajstić information content (AvgIpc) is 3.88. The number of hydrogen-bond acceptors (Lipinski definition) is 6. The molecule has 0 spiro atoms. The lowest BCUT2D eigenvalue weighted by Crippen LogP contribution is -2.26. The fourth-order valence-corrected chi connectivity index (χ4v) is 11.7. The van der Waals surface area contributed by atoms with E-state index in [4.69, 9.17) is 19.9 Å². The third kappa shape index (κ3) is 6.45. The zero-order chi connectivity index (χ0) is 43.4. The highest BCUT2D eigenvalue weighted by molar-refractivity contribution is 7.26. The van der Waals surface area contributed by atoms with E-state index in [9.17, 15) is 0 Å². The Morgan fingerprint density at radius 2 is 1.05 bits per heavy atom. The van der Waals surface area contributed by atoms with Gasteiger partial charge in [0.05, 0.1) is 32.5 Å². The molecule has 0 unspecified atom stereocenters. The van der Waals surface area contributed by atoms with Crippen LogP contribution < -0.4 is 0 Å². The molecule has 0 N–H and O–H groups in total. The normalized spacial score (nSPS) is 12.8. The number of rotatable bonds is 5. The summed E-state index contributed by atoms with van der Waals surface area (Å²) in [4.78, 5) is 23.8. The fourth-order valence-electron chi connectivity index (χ4n) is 9.17. The standard InChI is InChI=1S/C57H48N4S2/c1-55(2,3)37-28-30-43-41(32-37)48-51(62-43)49(42-31-36-24-16-17-25-38(36)45-44(34-20-11-9-12-21-34)52(56(4,5)6)63-50(42)45)61-54(60-48)57(7,8)53-58-46(35-22-13-10-14-23-35)40-29-27-33-19-15-18-26-39(33)47(40)59-53/h9-32H,1-8H3. The van der Waals surface area contributed by atoms with Crippen molar-refractivity contribution in [2.75, 3.05) is 0 Å². The van der Waals surface area contributed by atoms with E-state index in [2.05, 4.69) is 201 Å². The molecule has 0 amide bonds. The Hall–Kier alpha value is -6.34. The third-order valence-electron chi connectivity index (χ3n) is 12.6. The number of benzene rings is 7. The largest absolute Gasteiger partial charge is 0.231 e. The van der Waals surface area contributed by atoms with Crippen LogP contribution >= 0.6 is 22.7 Å². The molecular weight excluding hydrogens is 805 g/mol. The van der Waals surface area contributed by atoms with Gasteiger partial charge in [0.25, 0.3) is 0 Å². The highest BCUT2D eigenvalue weighted by Gasteiger charge is 2.35. The first kappa shape index (κ1) is 39.5. The predicted octanol–water partition coefficient (Wildman–Crippen LogP) is 16.2. The van der Waals surface area contributed by atoms with Crippen LogP contribution in [0.3, 0.4) is 0 Å². The third-order valence-corrected chi connectivity index (χ3v) is 15.4. The van der Waals surface area contributed by atoms with Gasteiger partial charge in [-0.2, -0.15) is 0 Å². The zero-order valence-electron chi connectivity index (χ0n) is 37.0. The number of aromatic nitrogens is 4. The number of hydrogen-bond donors (Lipinski definition) is 0. The van der Waals surface area contributed by atoms with Crippen molar-refractivity contribution in [2.45, 2.75) is 71.6 Å². The topological polar surface area (TPSA) is 51.6 Å². The van der Waals surface area contributed by atoms with Gasteiger partial charge in [0.1, 0.15) is 11.6 Å². The smallest absolute Gasteiger partial charge is 0.143 e. The summed E-state index contributed by atoms with van der Waals surface area (Å²) in [7, 11) is 0. The minimum Gasteiger partial charge on any atom is -0.231 e. The minimum absolute atomic E-state index is 0.0331. The first-order chi connectivity index (χ1) is 30.3. The first-order valence-electron chi connectivity index (χ1n) is 21.8. The van der Waals surface area contributed by atoms with E-state index in [1.807, 2.05) is 11.3 Å². The van der Waals surface area contributed by atoms with Crippen LogP contribution in [0.25, 0.3) is 96.5 Å². The van der Waals surface area contributed by atoms with Crippen LogP contribution in [-0.2, 0) is 16.2 Å². The lowest BCUT2D eigenvalue weighted by atomic mass is 9.86. The van der Waals surface area contributed by atoms with Crippen LogP contribution in [0.5, 0.6) is 0 Å². The second kappa shape index (κ2) is 14.3. The van der Waals surface area contributed by atoms with E-state index < -0.39 is 5.41 Å². The molecule has 11 aromatic rings. The summed E-state index contributed by atoms with van der Waals surface area (Å²) in [5.74, 6) is 1.38. The molecule has 0 aliphatic rings. The predicted molar refractivity (Wildman–Crippen MR) is 271 cm³/mol. The molecule has 0 bridgehead atoms. The first-order valence-corrected chi connectivity index (χ1v) is 23.4. The summed E-state index contributed by atoms with van der Waals surface area (Å²) in [5, 5.41) is 8.15. The monoisotopic (exact) mass is 852 g/mol. The van der Waals surface area contributed by atoms with E-state index in [-0.39, 0.29) is 10.8 Å². The van der Waals surface area contributed by atoms with Gasteiger partial charge in [-0.05, 0) is 76.2 Å². The molecule has 4 aromatic heterocycles. The summed E-state index contributed by atoms with van der Waals surface area (Å²) >= 11 is 3.71. The highest BCUT2D eigenvalue weighted by atomic mass is 32.1. The van der Waals surface area contributed by atoms with Gasteiger partial charge in [-0.1, -0.05) is 163 Å². The van der Waals surface area contributed by atoms with E-state index in [0.29, 0.717) is 11.6 Å². The summed E-state index contributed by atoms with van der Waals surface area (Å²) in [6, 6.07) is 52.5. The maximum absolute atomic E-state index is 5.79. The van der Waals surface area contributed by atoms with Crippen molar-refractivity contribution >= 4 is 85.5 Å². The van der Waals surface area contributed by atoms with Gasteiger partial charge in [0.15, 0.2) is 0 Å². The van der Waals surface area contributed by atoms with Crippen LogP contribution in [-0.4, -0.2) is 19.9 Å². The van der Waals surface area contributed by atoms with Gasteiger partial charge in [-0.3, -0.25) is 0 Å². The Balaban J connectivity index is 1.26. The molecule has 0 saturated heterocycles. The fraction of sp³-hybridized carbons (Fsp3) is 0.193. The molecule has 0 fully saturated rings. The van der Waals surface area contributed by atoms with E-state index >= 15 is 0 Å². The Morgan fingerprint density at radius 1 is 0.429 bits per heavy atom. The van der Waals surface area contributed by atoms with Crippen molar-refractivity contribution in [2.24, 2.45) is 0 Å². The Kier molecular flexibility index (Phi) is 9.00. The van der Waals surface area contributed by atoms with Crippen LogP contribution in [0.1, 0.15) is 77.5 Å². The molecule has 0 radical (unpaired) electrons. The molecule has 6 heteroatoms. The highest BCUT2D eigenvalue weighted by Crippen LogP contribution is 2.52. The summed E-state index contributed by atoms with van der Waals surface area (Å²) in [6.07, 6.45) is 0. The van der Waals surface area contributed by atoms with E-state index in [1.54, 1.807) is 11.3 Å². The molecule has 0 atom stereocenters. The van der Waals surface area contributed by atoms with E-state index in [0.717, 1.165) is 59.8 Å². The number of nitrogens with zero attached hydrogens (tertiary/aromatic N) is 4. The van der Waals surface area contributed by atoms with Gasteiger partial charge < -0.3 is 0 Å². The van der Waals surface area contributed by atoms with Gasteiger partial charge in [0, 0.05) is 52.5 Å². The lowest BCUT2D eigenvalue weighted by Gasteiger charge is -2.24. The van der Waals surface area contributed by atoms with Gasteiger partial charge in [0.2, 0.25) is 0 Å². The van der Waals surface area contributed by atoms with Crippen molar-refractivity contribution in [1.29, 1.82) is 0 Å². The van der Waals surface area contributed by atoms with Crippen molar-refractivity contribution in [3.63, 3.8) is 0 Å². The summed E-state index contributed by atoms with van der Waals surface area (Å²) in [6.45, 7) is 18.2. The van der Waals surface area contributed by atoms with Crippen molar-refractivity contribution < 1.29 is 0 Å². The average molecular weight is 853 g/mol. The summed E-state index contributed by atoms with van der Waals surface area (Å²) in [5.41, 5.74) is 8.83. The van der Waals surface area contributed by atoms with Crippen molar-refractivity contribution in [3.05, 3.63) is 168 Å². The molecule has 4 nitrogen and oxygen atoms in total. The SMILES string of the molecule is CC(C)(C)c1ccc2sc3c(-c4cc5ccccc5c5c(-c6ccccc6)c(C(C)(C)C)sc45)nc(C(C)(C)c4nc(-c5ccccc5)c5ccc6ccccc6c5n4)nc3c2c1. The molecule has 63 heavy (non-hydrogen) atoms. The molecule has 0 saturated carbocycles. The molecular formula is C57H48N4S2. The van der Waals surface area contributed by atoms with Crippen LogP contribution in [0.2, 0.25) is 0 Å². The Morgan fingerprint density at radius 3 is 1.75 bits per heavy atom. The second-order valence-corrected chi connectivity index (χ2v) is 21.6. The van der Waals surface area contributed by atoms with Crippen molar-refractivity contribution in [3.8, 4) is 33.6 Å². The minimum atomic E-state index is -0.801. The van der Waals surface area contributed by atoms with E-state index in [1.165, 1.54) is 47.1 Å². The molecule has 7 aromatic carbocycles. The number of thiophene rings is 2. The van der Waals surface area contributed by atoms with Gasteiger partial charge in [-0.25, -0.2) is 19.9 Å². The Labute approximate surface area is 376 Å². The van der Waals surface area contributed by atoms with Crippen LogP contribution in [0, 0.1) is 0 Å². The van der Waals surface area contributed by atoms with Crippen LogP contribution in [0.4, 0.5) is 0 Å². The molecule has 0 aliphatic carbocycles. The lowest BCUT2D eigenvalue weighted by molar-refractivity contribution is 0.557. The van der Waals surface area contributed by atoms with Gasteiger partial charge >= 0.3 is 0 Å². The molecule has 11 rings (SSSR count). The molecule has 4 heterocycles. The maximum Gasteiger partial charge on any atom is 0.143 e. The van der Waals surface area contributed by atoms with Crippen molar-refractivity contribution in [1.82, 2.24) is 19.9 Å². The molecule has 0 aliphatic heterocycles. The van der Waals surface area contributed by atoms with Gasteiger partial charge in [-0.15, -0.1) is 22.7 Å². The Bertz CT molecular complexity index is 3610. The molecule has 308 valence electrons. The second-order valence-electron chi connectivity index (χ2n) is 19.5. The van der Waals surface area contributed by atoms with Crippen LogP contribution in [0.15, 0.2) is 146 Å². The summed E-state index contributed by atoms with van der Waals surface area (Å²) < 4.78 is 3.54. The zero-order valence-corrected chi connectivity index (χ0v) is 38.6. The number of fused-ring (bicyclic) bond motifs is 9.